The maximum Gasteiger partial charge on any atom is 0.222 e. The Morgan fingerprint density at radius 2 is 1.86 bits per heavy atom. The molecule has 0 fully saturated rings. The Kier molecular flexibility index (Phi) is 5.33. The largest absolute Gasteiger partial charge is 0.493 e. The van der Waals surface area contributed by atoms with Crippen LogP contribution in [0, 0.1) is 5.92 Å². The van der Waals surface area contributed by atoms with Crippen molar-refractivity contribution in [2.24, 2.45) is 5.92 Å². The molecular formula is C23H26N2O3. The molecule has 0 aliphatic carbocycles. The number of nitrogens with zero attached hydrogens (tertiary/aromatic N) is 1. The summed E-state index contributed by atoms with van der Waals surface area (Å²) in [4.78, 5) is 26.6. The number of amides is 2. The molecule has 2 amide bonds. The Morgan fingerprint density at radius 3 is 2.68 bits per heavy atom. The Balaban J connectivity index is 1.38. The van der Waals surface area contributed by atoms with E-state index in [-0.39, 0.29) is 23.8 Å². The van der Waals surface area contributed by atoms with Crippen molar-refractivity contribution < 1.29 is 14.3 Å². The van der Waals surface area contributed by atoms with Crippen LogP contribution >= 0.6 is 0 Å². The topological polar surface area (TPSA) is 58.6 Å². The smallest absolute Gasteiger partial charge is 0.222 e. The van der Waals surface area contributed by atoms with Gasteiger partial charge in [0.25, 0.3) is 0 Å². The molecule has 2 atom stereocenters. The van der Waals surface area contributed by atoms with Gasteiger partial charge >= 0.3 is 0 Å². The van der Waals surface area contributed by atoms with Gasteiger partial charge in [-0.1, -0.05) is 42.5 Å². The molecule has 0 aromatic heterocycles. The van der Waals surface area contributed by atoms with Gasteiger partial charge in [-0.3, -0.25) is 9.59 Å². The van der Waals surface area contributed by atoms with Gasteiger partial charge in [-0.25, -0.2) is 0 Å². The van der Waals surface area contributed by atoms with E-state index in [1.807, 2.05) is 41.3 Å². The summed E-state index contributed by atoms with van der Waals surface area (Å²) >= 11 is 0. The van der Waals surface area contributed by atoms with Crippen molar-refractivity contribution in [2.75, 3.05) is 19.7 Å². The van der Waals surface area contributed by atoms with Crippen LogP contribution in [0.3, 0.4) is 0 Å². The molecule has 0 spiro atoms. The minimum absolute atomic E-state index is 0.0181. The normalized spacial score (nSPS) is 20.5. The summed E-state index contributed by atoms with van der Waals surface area (Å²) in [6.45, 7) is 3.44. The van der Waals surface area contributed by atoms with Gasteiger partial charge in [-0.15, -0.1) is 0 Å². The van der Waals surface area contributed by atoms with E-state index in [1.165, 1.54) is 11.1 Å². The zero-order chi connectivity index (χ0) is 19.5. The summed E-state index contributed by atoms with van der Waals surface area (Å²) in [6.07, 6.45) is 2.04. The number of para-hydroxylation sites is 1. The van der Waals surface area contributed by atoms with Crippen LogP contribution in [-0.4, -0.2) is 36.4 Å². The number of hydrogen-bond acceptors (Lipinski definition) is 3. The quantitative estimate of drug-likeness (QED) is 0.890. The van der Waals surface area contributed by atoms with Gasteiger partial charge < -0.3 is 15.0 Å². The summed E-state index contributed by atoms with van der Waals surface area (Å²) in [5.41, 5.74) is 3.51. The molecule has 2 heterocycles. The van der Waals surface area contributed by atoms with Gasteiger partial charge in [-0.05, 0) is 35.6 Å². The zero-order valence-corrected chi connectivity index (χ0v) is 16.2. The number of nitrogens with one attached hydrogen (secondary N) is 1. The first-order chi connectivity index (χ1) is 13.6. The first kappa shape index (κ1) is 18.5. The predicted octanol–water partition coefficient (Wildman–Crippen LogP) is 2.89. The minimum Gasteiger partial charge on any atom is -0.493 e. The van der Waals surface area contributed by atoms with E-state index in [0.717, 1.165) is 24.2 Å². The Morgan fingerprint density at radius 1 is 1.11 bits per heavy atom. The molecule has 2 aromatic rings. The van der Waals surface area contributed by atoms with E-state index in [9.17, 15) is 9.59 Å². The number of rotatable bonds is 4. The lowest BCUT2D eigenvalue weighted by molar-refractivity contribution is -0.133. The predicted molar refractivity (Wildman–Crippen MR) is 107 cm³/mol. The summed E-state index contributed by atoms with van der Waals surface area (Å²) in [7, 11) is 0. The molecule has 2 aliphatic heterocycles. The zero-order valence-electron chi connectivity index (χ0n) is 16.2. The maximum atomic E-state index is 12.7. The number of ether oxygens (including phenoxy) is 1. The SMILES string of the molecule is CC(=O)N1CCc2ccccc2C1CC(=O)NCC1COc2ccccc2C1. The first-order valence-corrected chi connectivity index (χ1v) is 9.94. The van der Waals surface area contributed by atoms with Crippen molar-refractivity contribution in [1.29, 1.82) is 0 Å². The van der Waals surface area contributed by atoms with E-state index in [1.54, 1.807) is 6.92 Å². The molecule has 0 radical (unpaired) electrons. The lowest BCUT2D eigenvalue weighted by atomic mass is 9.90. The molecule has 0 bridgehead atoms. The molecule has 2 aromatic carbocycles. The Hall–Kier alpha value is -2.82. The monoisotopic (exact) mass is 378 g/mol. The third-order valence-corrected chi connectivity index (χ3v) is 5.74. The number of carbonyl (C=O) groups excluding carboxylic acids is 2. The molecule has 4 rings (SSSR count). The van der Waals surface area contributed by atoms with Gasteiger partial charge in [0.2, 0.25) is 11.8 Å². The summed E-state index contributed by atoms with van der Waals surface area (Å²) in [5, 5.41) is 3.06. The highest BCUT2D eigenvalue weighted by Gasteiger charge is 2.30. The molecule has 0 saturated carbocycles. The van der Waals surface area contributed by atoms with Crippen LogP contribution in [-0.2, 0) is 22.4 Å². The lowest BCUT2D eigenvalue weighted by Gasteiger charge is -2.36. The highest BCUT2D eigenvalue weighted by Crippen LogP contribution is 2.32. The number of hydrogen-bond donors (Lipinski definition) is 1. The van der Waals surface area contributed by atoms with Crippen LogP contribution in [0.15, 0.2) is 48.5 Å². The van der Waals surface area contributed by atoms with Gasteiger partial charge in [0, 0.05) is 25.9 Å². The summed E-state index contributed by atoms with van der Waals surface area (Å²) in [5.74, 6) is 1.21. The third kappa shape index (κ3) is 3.88. The molecule has 5 heteroatoms. The van der Waals surface area contributed by atoms with Crippen LogP contribution in [0.2, 0.25) is 0 Å². The maximum absolute atomic E-state index is 12.7. The van der Waals surface area contributed by atoms with Crippen molar-refractivity contribution in [1.82, 2.24) is 10.2 Å². The van der Waals surface area contributed by atoms with Crippen LogP contribution in [0.4, 0.5) is 0 Å². The van der Waals surface area contributed by atoms with E-state index >= 15 is 0 Å². The molecule has 5 nitrogen and oxygen atoms in total. The highest BCUT2D eigenvalue weighted by molar-refractivity contribution is 5.79. The van der Waals surface area contributed by atoms with Crippen LogP contribution in [0.1, 0.15) is 36.1 Å². The highest BCUT2D eigenvalue weighted by atomic mass is 16.5. The lowest BCUT2D eigenvalue weighted by Crippen LogP contribution is -2.42. The molecule has 146 valence electrons. The van der Waals surface area contributed by atoms with Gasteiger partial charge in [0.1, 0.15) is 5.75 Å². The van der Waals surface area contributed by atoms with E-state index in [2.05, 4.69) is 17.4 Å². The Labute approximate surface area is 165 Å². The first-order valence-electron chi connectivity index (χ1n) is 9.94. The van der Waals surface area contributed by atoms with Crippen molar-refractivity contribution in [3.8, 4) is 5.75 Å². The molecular weight excluding hydrogens is 352 g/mol. The van der Waals surface area contributed by atoms with Crippen molar-refractivity contribution in [3.63, 3.8) is 0 Å². The van der Waals surface area contributed by atoms with Crippen LogP contribution < -0.4 is 10.1 Å². The second-order valence-corrected chi connectivity index (χ2v) is 7.67. The number of fused-ring (bicyclic) bond motifs is 2. The fourth-order valence-corrected chi connectivity index (χ4v) is 4.28. The Bertz CT molecular complexity index is 880. The molecule has 1 N–H and O–H groups in total. The fraction of sp³-hybridized carbons (Fsp3) is 0.391. The fourth-order valence-electron chi connectivity index (χ4n) is 4.28. The minimum atomic E-state index is -0.189. The van der Waals surface area contributed by atoms with E-state index in [0.29, 0.717) is 26.1 Å². The molecule has 2 aliphatic rings. The van der Waals surface area contributed by atoms with Gasteiger partial charge in [-0.2, -0.15) is 0 Å². The average molecular weight is 378 g/mol. The number of benzene rings is 2. The van der Waals surface area contributed by atoms with Gasteiger partial charge in [0.05, 0.1) is 19.1 Å². The number of carbonyl (C=O) groups is 2. The van der Waals surface area contributed by atoms with E-state index < -0.39 is 0 Å². The van der Waals surface area contributed by atoms with Gasteiger partial charge in [0.15, 0.2) is 0 Å². The van der Waals surface area contributed by atoms with Crippen molar-refractivity contribution in [3.05, 3.63) is 65.2 Å². The standard InChI is InChI=1S/C23H26N2O3/c1-16(26)25-11-10-18-6-2-4-8-20(18)21(25)13-23(27)24-14-17-12-19-7-3-5-9-22(19)28-15-17/h2-9,17,21H,10-15H2,1H3,(H,24,27). The average Bonchev–Trinajstić information content (AvgIpc) is 2.72. The van der Waals surface area contributed by atoms with Crippen molar-refractivity contribution in [2.45, 2.75) is 32.2 Å². The van der Waals surface area contributed by atoms with E-state index in [4.69, 9.17) is 4.74 Å². The molecule has 2 unspecified atom stereocenters. The molecule has 0 saturated heterocycles. The van der Waals surface area contributed by atoms with Crippen molar-refractivity contribution >= 4 is 11.8 Å². The molecule has 28 heavy (non-hydrogen) atoms. The summed E-state index contributed by atoms with van der Waals surface area (Å²) < 4.78 is 5.81. The third-order valence-electron chi connectivity index (χ3n) is 5.74. The van der Waals surface area contributed by atoms with Crippen LogP contribution in [0.25, 0.3) is 0 Å². The van der Waals surface area contributed by atoms with Crippen LogP contribution in [0.5, 0.6) is 5.75 Å². The summed E-state index contributed by atoms with van der Waals surface area (Å²) in [6, 6.07) is 16.0. The second kappa shape index (κ2) is 8.05. The second-order valence-electron chi connectivity index (χ2n) is 7.67.